The Balaban J connectivity index is 2.06. The number of nitrogens with zero attached hydrogens (tertiary/aromatic N) is 2. The van der Waals surface area contributed by atoms with Gasteiger partial charge in [0, 0.05) is 6.26 Å². The molecule has 2 heterocycles. The van der Waals surface area contributed by atoms with E-state index in [9.17, 15) is 8.42 Å². The molecule has 6 nitrogen and oxygen atoms in total. The molecule has 7 heteroatoms. The van der Waals surface area contributed by atoms with Crippen LogP contribution in [0.3, 0.4) is 0 Å². The molecule has 1 saturated heterocycles. The summed E-state index contributed by atoms with van der Waals surface area (Å²) in [6.07, 6.45) is 5.62. The first-order valence-corrected chi connectivity index (χ1v) is 7.84. The van der Waals surface area contributed by atoms with E-state index in [1.165, 1.54) is 6.42 Å². The number of rotatable bonds is 3. The second-order valence-electron chi connectivity index (χ2n) is 4.47. The quantitative estimate of drug-likeness (QED) is 0.865. The van der Waals surface area contributed by atoms with Gasteiger partial charge in [-0.15, -0.1) is 0 Å². The van der Waals surface area contributed by atoms with Gasteiger partial charge in [0.15, 0.2) is 15.7 Å². The lowest BCUT2D eigenvalue weighted by atomic mass is 10.1. The van der Waals surface area contributed by atoms with E-state index in [0.717, 1.165) is 32.1 Å². The average Bonchev–Trinajstić information content (AvgIpc) is 2.52. The van der Waals surface area contributed by atoms with E-state index in [1.807, 2.05) is 0 Å². The maximum atomic E-state index is 11.1. The molecule has 0 saturated carbocycles. The van der Waals surface area contributed by atoms with Gasteiger partial charge in [0.1, 0.15) is 5.75 Å². The highest BCUT2D eigenvalue weighted by molar-refractivity contribution is 7.89. The second-order valence-corrected chi connectivity index (χ2v) is 6.61. The lowest BCUT2D eigenvalue weighted by molar-refractivity contribution is 0.372. The third-order valence-electron chi connectivity index (χ3n) is 2.74. The third kappa shape index (κ3) is 3.78. The fraction of sp³-hybridized carbons (Fsp3) is 0.800. The summed E-state index contributed by atoms with van der Waals surface area (Å²) in [5, 5.41) is 7.19. The van der Waals surface area contributed by atoms with Crippen LogP contribution in [0.2, 0.25) is 0 Å². The van der Waals surface area contributed by atoms with Gasteiger partial charge in [0.2, 0.25) is 5.89 Å². The Morgan fingerprint density at radius 2 is 2.24 bits per heavy atom. The summed E-state index contributed by atoms with van der Waals surface area (Å²) in [5.41, 5.74) is 0. The Hall–Kier alpha value is -0.950. The van der Waals surface area contributed by atoms with Crippen LogP contribution in [0.5, 0.6) is 0 Å². The molecule has 1 aliphatic rings. The van der Waals surface area contributed by atoms with E-state index < -0.39 is 9.84 Å². The summed E-state index contributed by atoms with van der Waals surface area (Å²) >= 11 is 0. The molecule has 0 aliphatic carbocycles. The predicted octanol–water partition coefficient (Wildman–Crippen LogP) is 0.819. The fourth-order valence-corrected chi connectivity index (χ4v) is 2.51. The van der Waals surface area contributed by atoms with Gasteiger partial charge in [0.25, 0.3) is 0 Å². The Morgan fingerprint density at radius 3 is 3.00 bits per heavy atom. The van der Waals surface area contributed by atoms with Crippen molar-refractivity contribution in [1.29, 1.82) is 0 Å². The van der Waals surface area contributed by atoms with Crippen molar-refractivity contribution in [2.45, 2.75) is 37.5 Å². The molecule has 0 aromatic carbocycles. The van der Waals surface area contributed by atoms with E-state index in [0.29, 0.717) is 5.82 Å². The zero-order valence-corrected chi connectivity index (χ0v) is 10.7. The van der Waals surface area contributed by atoms with Crippen molar-refractivity contribution in [1.82, 2.24) is 15.5 Å². The van der Waals surface area contributed by atoms with Gasteiger partial charge in [-0.2, -0.15) is 4.98 Å². The molecule has 17 heavy (non-hydrogen) atoms. The van der Waals surface area contributed by atoms with Gasteiger partial charge >= 0.3 is 0 Å². The Bertz CT molecular complexity index is 461. The normalized spacial score (nSPS) is 22.3. The molecule has 1 fully saturated rings. The summed E-state index contributed by atoms with van der Waals surface area (Å²) in [4.78, 5) is 4.14. The molecule has 2 rings (SSSR count). The van der Waals surface area contributed by atoms with Crippen molar-refractivity contribution in [2.75, 3.05) is 12.8 Å². The van der Waals surface area contributed by atoms with Crippen LogP contribution in [0.15, 0.2) is 4.52 Å². The van der Waals surface area contributed by atoms with Gasteiger partial charge in [-0.3, -0.25) is 0 Å². The number of aromatic nitrogens is 2. The SMILES string of the molecule is CS(=O)(=O)Cc1nc(C2CCCCCN2)no1. The topological polar surface area (TPSA) is 85.1 Å². The number of hydrogen-bond donors (Lipinski definition) is 1. The third-order valence-corrected chi connectivity index (χ3v) is 3.51. The first kappa shape index (κ1) is 12.5. The standard InChI is InChI=1S/C10H17N3O3S/c1-17(14,15)7-9-12-10(13-16-9)8-5-3-2-4-6-11-8/h8,11H,2-7H2,1H3. The zero-order valence-electron chi connectivity index (χ0n) is 9.85. The number of sulfone groups is 1. The van der Waals surface area contributed by atoms with Gasteiger partial charge in [-0.05, 0) is 19.4 Å². The van der Waals surface area contributed by atoms with E-state index >= 15 is 0 Å². The molecule has 1 N–H and O–H groups in total. The first-order chi connectivity index (χ1) is 8.04. The van der Waals surface area contributed by atoms with Gasteiger partial charge < -0.3 is 9.84 Å². The van der Waals surface area contributed by atoms with Crippen LogP contribution < -0.4 is 5.32 Å². The van der Waals surface area contributed by atoms with Crippen molar-refractivity contribution in [3.05, 3.63) is 11.7 Å². The van der Waals surface area contributed by atoms with Crippen molar-refractivity contribution in [3.8, 4) is 0 Å². The van der Waals surface area contributed by atoms with Crippen LogP contribution in [0.1, 0.15) is 43.4 Å². The molecule has 1 aromatic rings. The molecule has 96 valence electrons. The molecular formula is C10H17N3O3S. The molecule has 1 unspecified atom stereocenters. The molecule has 1 aromatic heterocycles. The van der Waals surface area contributed by atoms with Crippen molar-refractivity contribution in [2.24, 2.45) is 0 Å². The van der Waals surface area contributed by atoms with Gasteiger partial charge in [0.05, 0.1) is 6.04 Å². The van der Waals surface area contributed by atoms with Crippen molar-refractivity contribution < 1.29 is 12.9 Å². The molecule has 1 aliphatic heterocycles. The molecule has 0 amide bonds. The van der Waals surface area contributed by atoms with Crippen molar-refractivity contribution in [3.63, 3.8) is 0 Å². The monoisotopic (exact) mass is 259 g/mol. The predicted molar refractivity (Wildman–Crippen MR) is 62.1 cm³/mol. The highest BCUT2D eigenvalue weighted by Crippen LogP contribution is 2.20. The summed E-state index contributed by atoms with van der Waals surface area (Å²) in [7, 11) is -3.12. The summed E-state index contributed by atoms with van der Waals surface area (Å²) < 4.78 is 27.2. The number of nitrogens with one attached hydrogen (secondary N) is 1. The minimum atomic E-state index is -3.12. The molecule has 0 bridgehead atoms. The van der Waals surface area contributed by atoms with Crippen LogP contribution in [-0.2, 0) is 15.6 Å². The van der Waals surface area contributed by atoms with Gasteiger partial charge in [-0.1, -0.05) is 18.0 Å². The first-order valence-electron chi connectivity index (χ1n) is 5.78. The van der Waals surface area contributed by atoms with Gasteiger partial charge in [-0.25, -0.2) is 8.42 Å². The Labute approximate surface area is 101 Å². The van der Waals surface area contributed by atoms with Crippen LogP contribution in [0.4, 0.5) is 0 Å². The van der Waals surface area contributed by atoms with Crippen LogP contribution in [0.25, 0.3) is 0 Å². The average molecular weight is 259 g/mol. The summed E-state index contributed by atoms with van der Waals surface area (Å²) in [6, 6.07) is 0.0922. The van der Waals surface area contributed by atoms with E-state index in [2.05, 4.69) is 15.5 Å². The number of hydrogen-bond acceptors (Lipinski definition) is 6. The highest BCUT2D eigenvalue weighted by Gasteiger charge is 2.20. The van der Waals surface area contributed by atoms with Crippen LogP contribution in [-0.4, -0.2) is 31.4 Å². The van der Waals surface area contributed by atoms with E-state index in [1.54, 1.807) is 0 Å². The minimum absolute atomic E-state index is 0.0922. The molecule has 0 spiro atoms. The lowest BCUT2D eigenvalue weighted by Gasteiger charge is -2.09. The summed E-state index contributed by atoms with van der Waals surface area (Å²) in [5.74, 6) is 0.561. The minimum Gasteiger partial charge on any atom is -0.338 e. The molecule has 0 radical (unpaired) electrons. The molecule has 1 atom stereocenters. The smallest absolute Gasteiger partial charge is 0.241 e. The van der Waals surface area contributed by atoms with E-state index in [4.69, 9.17) is 4.52 Å². The Morgan fingerprint density at radius 1 is 1.41 bits per heavy atom. The maximum absolute atomic E-state index is 11.1. The van der Waals surface area contributed by atoms with E-state index in [-0.39, 0.29) is 17.7 Å². The second kappa shape index (κ2) is 5.14. The fourth-order valence-electron chi connectivity index (χ4n) is 1.94. The van der Waals surface area contributed by atoms with Crippen LogP contribution in [0, 0.1) is 0 Å². The lowest BCUT2D eigenvalue weighted by Crippen LogP contribution is -2.21. The maximum Gasteiger partial charge on any atom is 0.241 e. The zero-order chi connectivity index (χ0) is 12.3. The van der Waals surface area contributed by atoms with Crippen molar-refractivity contribution >= 4 is 9.84 Å². The molecular weight excluding hydrogens is 242 g/mol. The summed E-state index contributed by atoms with van der Waals surface area (Å²) in [6.45, 7) is 0.945. The Kier molecular flexibility index (Phi) is 3.78. The largest absolute Gasteiger partial charge is 0.338 e. The highest BCUT2D eigenvalue weighted by atomic mass is 32.2. The van der Waals surface area contributed by atoms with Crippen LogP contribution >= 0.6 is 0 Å².